The second-order valence-electron chi connectivity index (χ2n) is 4.84. The molecule has 2 rings (SSSR count). The average molecular weight is 275 g/mol. The summed E-state index contributed by atoms with van der Waals surface area (Å²) in [4.78, 5) is 0. The average Bonchev–Trinajstić information content (AvgIpc) is 2.49. The van der Waals surface area contributed by atoms with Crippen LogP contribution in [0.25, 0.3) is 0 Å². The molecule has 0 aliphatic carbocycles. The van der Waals surface area contributed by atoms with E-state index in [9.17, 15) is 8.78 Å². The van der Waals surface area contributed by atoms with Crippen LogP contribution in [-0.4, -0.2) is 13.1 Å². The number of rotatable bonds is 7. The van der Waals surface area contributed by atoms with E-state index in [2.05, 4.69) is 17.4 Å². The Hall–Kier alpha value is -1.74. The molecule has 0 spiro atoms. The summed E-state index contributed by atoms with van der Waals surface area (Å²) in [7, 11) is 0. The summed E-state index contributed by atoms with van der Waals surface area (Å²) < 4.78 is 27.7. The van der Waals surface area contributed by atoms with Crippen molar-refractivity contribution in [3.63, 3.8) is 0 Å². The SMILES string of the molecule is FC(F)(CNCCCc1ccccc1)c1ccccc1. The predicted octanol–water partition coefficient (Wildman–Crippen LogP) is 4.00. The molecule has 0 bridgehead atoms. The van der Waals surface area contributed by atoms with Gasteiger partial charge in [0.1, 0.15) is 0 Å². The first-order valence-electron chi connectivity index (χ1n) is 6.86. The zero-order valence-electron chi connectivity index (χ0n) is 11.4. The Bertz CT molecular complexity index is 497. The van der Waals surface area contributed by atoms with Crippen molar-refractivity contribution in [1.82, 2.24) is 5.32 Å². The van der Waals surface area contributed by atoms with Gasteiger partial charge in [-0.15, -0.1) is 0 Å². The van der Waals surface area contributed by atoms with Gasteiger partial charge in [-0.25, -0.2) is 0 Å². The van der Waals surface area contributed by atoms with Crippen LogP contribution in [0.1, 0.15) is 17.5 Å². The van der Waals surface area contributed by atoms with Crippen LogP contribution in [0.3, 0.4) is 0 Å². The van der Waals surface area contributed by atoms with Crippen LogP contribution < -0.4 is 5.32 Å². The molecule has 0 aromatic heterocycles. The standard InChI is InChI=1S/C17H19F2N/c18-17(19,16-11-5-2-6-12-16)14-20-13-7-10-15-8-3-1-4-9-15/h1-6,8-9,11-12,20H,7,10,13-14H2. The smallest absolute Gasteiger partial charge is 0.285 e. The van der Waals surface area contributed by atoms with Gasteiger partial charge >= 0.3 is 0 Å². The Morgan fingerprint density at radius 3 is 2.10 bits per heavy atom. The van der Waals surface area contributed by atoms with Gasteiger partial charge in [-0.3, -0.25) is 0 Å². The van der Waals surface area contributed by atoms with Gasteiger partial charge in [-0.1, -0.05) is 60.7 Å². The molecule has 1 nitrogen and oxygen atoms in total. The van der Waals surface area contributed by atoms with E-state index < -0.39 is 5.92 Å². The second-order valence-corrected chi connectivity index (χ2v) is 4.84. The maximum Gasteiger partial charge on any atom is 0.285 e. The molecule has 0 aliphatic heterocycles. The summed E-state index contributed by atoms with van der Waals surface area (Å²) >= 11 is 0. The van der Waals surface area contributed by atoms with Gasteiger partial charge in [-0.05, 0) is 24.9 Å². The molecule has 0 unspecified atom stereocenters. The highest BCUT2D eigenvalue weighted by molar-refractivity contribution is 5.20. The Balaban J connectivity index is 1.70. The number of nitrogens with one attached hydrogen (secondary N) is 1. The van der Waals surface area contributed by atoms with Crippen molar-refractivity contribution in [2.75, 3.05) is 13.1 Å². The molecule has 2 aromatic rings. The van der Waals surface area contributed by atoms with Crippen molar-refractivity contribution < 1.29 is 8.78 Å². The third-order valence-corrected chi connectivity index (χ3v) is 3.20. The summed E-state index contributed by atoms with van der Waals surface area (Å²) in [6.07, 6.45) is 1.76. The van der Waals surface area contributed by atoms with Crippen LogP contribution in [0.15, 0.2) is 60.7 Å². The van der Waals surface area contributed by atoms with E-state index in [-0.39, 0.29) is 12.1 Å². The van der Waals surface area contributed by atoms with Gasteiger partial charge in [-0.2, -0.15) is 8.78 Å². The van der Waals surface area contributed by atoms with E-state index in [0.717, 1.165) is 12.8 Å². The molecule has 3 heteroatoms. The molecule has 0 fully saturated rings. The lowest BCUT2D eigenvalue weighted by Crippen LogP contribution is -2.31. The fraction of sp³-hybridized carbons (Fsp3) is 0.294. The first-order valence-corrected chi connectivity index (χ1v) is 6.86. The molecule has 0 aliphatic rings. The molecule has 106 valence electrons. The van der Waals surface area contributed by atoms with E-state index in [4.69, 9.17) is 0 Å². The lowest BCUT2D eigenvalue weighted by Gasteiger charge is -2.17. The van der Waals surface area contributed by atoms with Crippen LogP contribution in [0.5, 0.6) is 0 Å². The zero-order chi connectivity index (χ0) is 14.3. The third kappa shape index (κ3) is 4.42. The van der Waals surface area contributed by atoms with Gasteiger partial charge in [0, 0.05) is 5.56 Å². The fourth-order valence-electron chi connectivity index (χ4n) is 2.09. The molecule has 0 saturated carbocycles. The molecular weight excluding hydrogens is 256 g/mol. The minimum atomic E-state index is -2.81. The molecule has 0 heterocycles. The van der Waals surface area contributed by atoms with Crippen LogP contribution in [0.2, 0.25) is 0 Å². The van der Waals surface area contributed by atoms with Crippen LogP contribution in [0, 0.1) is 0 Å². The highest BCUT2D eigenvalue weighted by Crippen LogP contribution is 2.26. The largest absolute Gasteiger partial charge is 0.311 e. The molecule has 20 heavy (non-hydrogen) atoms. The molecule has 0 saturated heterocycles. The van der Waals surface area contributed by atoms with E-state index in [0.29, 0.717) is 6.54 Å². The first kappa shape index (κ1) is 14.7. The Morgan fingerprint density at radius 1 is 0.850 bits per heavy atom. The summed E-state index contributed by atoms with van der Waals surface area (Å²) in [6.45, 7) is 0.281. The molecule has 1 N–H and O–H groups in total. The molecular formula is C17H19F2N. The van der Waals surface area contributed by atoms with Crippen LogP contribution >= 0.6 is 0 Å². The minimum absolute atomic E-state index is 0.0653. The number of hydrogen-bond donors (Lipinski definition) is 1. The maximum atomic E-state index is 13.8. The fourth-order valence-corrected chi connectivity index (χ4v) is 2.09. The summed E-state index contributed by atoms with van der Waals surface area (Å²) in [6, 6.07) is 18.0. The van der Waals surface area contributed by atoms with E-state index in [1.807, 2.05) is 18.2 Å². The third-order valence-electron chi connectivity index (χ3n) is 3.20. The summed E-state index contributed by atoms with van der Waals surface area (Å²) in [5.41, 5.74) is 1.31. The molecule has 0 amide bonds. The molecule has 2 aromatic carbocycles. The lowest BCUT2D eigenvalue weighted by molar-refractivity contribution is -0.00297. The number of hydrogen-bond acceptors (Lipinski definition) is 1. The number of aryl methyl sites for hydroxylation is 1. The van der Waals surface area contributed by atoms with Gasteiger partial charge in [0.2, 0.25) is 0 Å². The van der Waals surface area contributed by atoms with Crippen LogP contribution in [-0.2, 0) is 12.3 Å². The normalized spacial score (nSPS) is 11.5. The van der Waals surface area contributed by atoms with E-state index in [1.54, 1.807) is 18.2 Å². The highest BCUT2D eigenvalue weighted by Gasteiger charge is 2.30. The zero-order valence-corrected chi connectivity index (χ0v) is 11.4. The first-order chi connectivity index (χ1) is 9.68. The van der Waals surface area contributed by atoms with Gasteiger partial charge < -0.3 is 5.32 Å². The highest BCUT2D eigenvalue weighted by atomic mass is 19.3. The quantitative estimate of drug-likeness (QED) is 0.753. The lowest BCUT2D eigenvalue weighted by atomic mass is 10.1. The van der Waals surface area contributed by atoms with Crippen molar-refractivity contribution in [2.24, 2.45) is 0 Å². The number of alkyl halides is 2. The Labute approximate surface area is 118 Å². The van der Waals surface area contributed by atoms with Crippen molar-refractivity contribution in [3.05, 3.63) is 71.8 Å². The van der Waals surface area contributed by atoms with Crippen molar-refractivity contribution >= 4 is 0 Å². The Morgan fingerprint density at radius 2 is 1.45 bits per heavy atom. The van der Waals surface area contributed by atoms with Crippen molar-refractivity contribution in [1.29, 1.82) is 0 Å². The predicted molar refractivity (Wildman–Crippen MR) is 78.0 cm³/mol. The van der Waals surface area contributed by atoms with E-state index in [1.165, 1.54) is 17.7 Å². The summed E-state index contributed by atoms with van der Waals surface area (Å²) in [5, 5.41) is 2.84. The molecule has 0 radical (unpaired) electrons. The molecule has 0 atom stereocenters. The van der Waals surface area contributed by atoms with Crippen molar-refractivity contribution in [2.45, 2.75) is 18.8 Å². The topological polar surface area (TPSA) is 12.0 Å². The van der Waals surface area contributed by atoms with E-state index >= 15 is 0 Å². The number of halogens is 2. The maximum absolute atomic E-state index is 13.8. The number of benzene rings is 2. The second kappa shape index (κ2) is 7.15. The monoisotopic (exact) mass is 275 g/mol. The Kier molecular flexibility index (Phi) is 5.24. The van der Waals surface area contributed by atoms with Gasteiger partial charge in [0.05, 0.1) is 6.54 Å². The van der Waals surface area contributed by atoms with Crippen LogP contribution in [0.4, 0.5) is 8.78 Å². The van der Waals surface area contributed by atoms with Gasteiger partial charge in [0.25, 0.3) is 5.92 Å². The van der Waals surface area contributed by atoms with Crippen molar-refractivity contribution in [3.8, 4) is 0 Å². The minimum Gasteiger partial charge on any atom is -0.311 e. The van der Waals surface area contributed by atoms with Gasteiger partial charge in [0.15, 0.2) is 0 Å². The summed E-state index contributed by atoms with van der Waals surface area (Å²) in [5.74, 6) is -2.81.